The molecule has 2 aromatic carbocycles. The van der Waals surface area contributed by atoms with Crippen LogP contribution in [-0.2, 0) is 19.8 Å². The van der Waals surface area contributed by atoms with E-state index in [2.05, 4.69) is 19.2 Å². The number of esters is 1. The summed E-state index contributed by atoms with van der Waals surface area (Å²) < 4.78 is 11.1. The number of nitrogens with two attached hydrogens (primary N) is 2. The smallest absolute Gasteiger partial charge is 0.415 e. The Morgan fingerprint density at radius 2 is 1.44 bits per heavy atom. The van der Waals surface area contributed by atoms with Gasteiger partial charge in [-0.2, -0.15) is 0 Å². The van der Waals surface area contributed by atoms with Gasteiger partial charge in [0.2, 0.25) is 11.8 Å². The standard InChI is InChI=1S/C31H44N4O6/c1-6-19-35(20-26(28(33)37)34-27(36)8-3)30(39)41-25-15-11-23(12-16-25)31(4,5)22-9-13-24(14-10-22)40-29(38)21(7-2)17-18-32/h9-16,21,26H,6-8,17-20,32H2,1-5H3,(H2,33,37)(H,34,36). The van der Waals surface area contributed by atoms with Crippen LogP contribution in [-0.4, -0.2) is 54.5 Å². The first-order chi connectivity index (χ1) is 19.5. The average molecular weight is 569 g/mol. The Morgan fingerprint density at radius 3 is 1.88 bits per heavy atom. The highest BCUT2D eigenvalue weighted by molar-refractivity contribution is 5.87. The monoisotopic (exact) mass is 568 g/mol. The van der Waals surface area contributed by atoms with E-state index >= 15 is 0 Å². The number of hydrogen-bond acceptors (Lipinski definition) is 7. The predicted octanol–water partition coefficient (Wildman–Crippen LogP) is 3.88. The van der Waals surface area contributed by atoms with E-state index in [1.54, 1.807) is 31.2 Å². The van der Waals surface area contributed by atoms with Gasteiger partial charge in [-0.05, 0) is 61.2 Å². The molecular formula is C31H44N4O6. The third-order valence-corrected chi connectivity index (χ3v) is 7.07. The number of primary amides is 1. The number of hydrogen-bond donors (Lipinski definition) is 3. The zero-order valence-corrected chi connectivity index (χ0v) is 24.8. The number of benzene rings is 2. The average Bonchev–Trinajstić information content (AvgIpc) is 2.95. The molecule has 2 aromatic rings. The van der Waals surface area contributed by atoms with Crippen LogP contribution >= 0.6 is 0 Å². The third-order valence-electron chi connectivity index (χ3n) is 7.07. The second kappa shape index (κ2) is 15.8. The van der Waals surface area contributed by atoms with Gasteiger partial charge in [0.25, 0.3) is 0 Å². The molecule has 0 aliphatic rings. The van der Waals surface area contributed by atoms with E-state index in [0.717, 1.165) is 11.1 Å². The molecule has 10 nitrogen and oxygen atoms in total. The second-order valence-corrected chi connectivity index (χ2v) is 10.5. The van der Waals surface area contributed by atoms with Gasteiger partial charge >= 0.3 is 12.1 Å². The van der Waals surface area contributed by atoms with E-state index < -0.39 is 23.5 Å². The van der Waals surface area contributed by atoms with Crippen LogP contribution in [0.3, 0.4) is 0 Å². The summed E-state index contributed by atoms with van der Waals surface area (Å²) in [6.45, 7) is 10.3. The van der Waals surface area contributed by atoms with Gasteiger partial charge < -0.3 is 31.2 Å². The lowest BCUT2D eigenvalue weighted by molar-refractivity contribution is -0.139. The maximum Gasteiger partial charge on any atom is 0.415 e. The number of ether oxygens (including phenoxy) is 2. The van der Waals surface area contributed by atoms with Crippen LogP contribution in [0.1, 0.15) is 71.4 Å². The highest BCUT2D eigenvalue weighted by Gasteiger charge is 2.26. The number of nitrogens with zero attached hydrogens (tertiary/aromatic N) is 1. The number of nitrogens with one attached hydrogen (secondary N) is 1. The molecular weight excluding hydrogens is 524 g/mol. The Labute approximate surface area is 242 Å². The van der Waals surface area contributed by atoms with E-state index in [1.165, 1.54) is 4.90 Å². The van der Waals surface area contributed by atoms with Crippen LogP contribution in [0.5, 0.6) is 11.5 Å². The van der Waals surface area contributed by atoms with E-state index in [-0.39, 0.29) is 30.8 Å². The van der Waals surface area contributed by atoms with Crippen LogP contribution in [0.15, 0.2) is 48.5 Å². The van der Waals surface area contributed by atoms with E-state index in [4.69, 9.17) is 20.9 Å². The van der Waals surface area contributed by atoms with E-state index in [0.29, 0.717) is 43.9 Å². The Hall–Kier alpha value is -3.92. The maximum absolute atomic E-state index is 12.9. The van der Waals surface area contributed by atoms with E-state index in [1.807, 2.05) is 38.1 Å². The van der Waals surface area contributed by atoms with Crippen molar-refractivity contribution >= 4 is 23.9 Å². The summed E-state index contributed by atoms with van der Waals surface area (Å²) in [6, 6.07) is 13.6. The minimum absolute atomic E-state index is 0.0870. The van der Waals surface area contributed by atoms with Crippen molar-refractivity contribution in [2.45, 2.75) is 71.8 Å². The molecule has 0 saturated heterocycles. The van der Waals surface area contributed by atoms with Crippen LogP contribution in [0.4, 0.5) is 4.79 Å². The zero-order chi connectivity index (χ0) is 30.6. The quantitative estimate of drug-likeness (QED) is 0.218. The van der Waals surface area contributed by atoms with Gasteiger partial charge in [0, 0.05) is 18.4 Å². The lowest BCUT2D eigenvalue weighted by Crippen LogP contribution is -2.52. The largest absolute Gasteiger partial charge is 0.426 e. The Bertz CT molecular complexity index is 1160. The summed E-state index contributed by atoms with van der Waals surface area (Å²) >= 11 is 0. The molecule has 0 spiro atoms. The normalized spacial score (nSPS) is 12.6. The number of carbonyl (C=O) groups is 4. The molecule has 0 heterocycles. The van der Waals surface area contributed by atoms with Gasteiger partial charge in [0.05, 0.1) is 12.5 Å². The van der Waals surface area contributed by atoms with Gasteiger partial charge in [0.1, 0.15) is 17.5 Å². The van der Waals surface area contributed by atoms with Gasteiger partial charge in [-0.1, -0.05) is 58.9 Å². The van der Waals surface area contributed by atoms with Crippen LogP contribution < -0.4 is 26.3 Å². The fraction of sp³-hybridized carbons (Fsp3) is 0.484. The summed E-state index contributed by atoms with van der Waals surface area (Å²) in [7, 11) is 0. The molecule has 10 heteroatoms. The molecule has 0 radical (unpaired) electrons. The topological polar surface area (TPSA) is 154 Å². The van der Waals surface area contributed by atoms with Crippen molar-refractivity contribution in [3.63, 3.8) is 0 Å². The first kappa shape index (κ1) is 33.3. The molecule has 0 bridgehead atoms. The van der Waals surface area contributed by atoms with Crippen molar-refractivity contribution < 1.29 is 28.7 Å². The summed E-state index contributed by atoms with van der Waals surface area (Å²) in [6.07, 6.45) is 1.44. The molecule has 3 amide bonds. The highest BCUT2D eigenvalue weighted by Crippen LogP contribution is 2.33. The molecule has 2 atom stereocenters. The molecule has 224 valence electrons. The number of amides is 3. The van der Waals surface area contributed by atoms with Crippen LogP contribution in [0, 0.1) is 5.92 Å². The molecule has 5 N–H and O–H groups in total. The van der Waals surface area contributed by atoms with Gasteiger partial charge in [-0.3, -0.25) is 14.4 Å². The zero-order valence-electron chi connectivity index (χ0n) is 24.8. The summed E-state index contributed by atoms with van der Waals surface area (Å²) in [5.41, 5.74) is 12.6. The van der Waals surface area contributed by atoms with Gasteiger partial charge in [0.15, 0.2) is 0 Å². The lowest BCUT2D eigenvalue weighted by Gasteiger charge is -2.27. The summed E-state index contributed by atoms with van der Waals surface area (Å²) in [5.74, 6) is -0.728. The fourth-order valence-corrected chi connectivity index (χ4v) is 4.35. The van der Waals surface area contributed by atoms with Crippen molar-refractivity contribution in [2.24, 2.45) is 17.4 Å². The van der Waals surface area contributed by atoms with Gasteiger partial charge in [-0.25, -0.2) is 4.79 Å². The van der Waals surface area contributed by atoms with Crippen LogP contribution in [0.2, 0.25) is 0 Å². The second-order valence-electron chi connectivity index (χ2n) is 10.5. The molecule has 2 unspecified atom stereocenters. The first-order valence-electron chi connectivity index (χ1n) is 14.1. The maximum atomic E-state index is 12.9. The molecule has 0 fully saturated rings. The first-order valence-corrected chi connectivity index (χ1v) is 14.1. The number of rotatable bonds is 15. The Kier molecular flexibility index (Phi) is 12.8. The van der Waals surface area contributed by atoms with Crippen molar-refractivity contribution in [1.82, 2.24) is 10.2 Å². The molecule has 2 rings (SSSR count). The minimum Gasteiger partial charge on any atom is -0.426 e. The van der Waals surface area contributed by atoms with Crippen molar-refractivity contribution in [1.29, 1.82) is 0 Å². The molecule has 41 heavy (non-hydrogen) atoms. The van der Waals surface area contributed by atoms with Crippen molar-refractivity contribution in [3.05, 3.63) is 59.7 Å². The summed E-state index contributed by atoms with van der Waals surface area (Å²) in [5, 5.41) is 2.55. The van der Waals surface area contributed by atoms with E-state index in [9.17, 15) is 19.2 Å². The Balaban J connectivity index is 2.10. The van der Waals surface area contributed by atoms with Crippen molar-refractivity contribution in [3.8, 4) is 11.5 Å². The molecule has 0 aliphatic heterocycles. The fourth-order valence-electron chi connectivity index (χ4n) is 4.35. The third kappa shape index (κ3) is 9.60. The molecule has 0 aromatic heterocycles. The molecule has 0 saturated carbocycles. The minimum atomic E-state index is -1.02. The highest BCUT2D eigenvalue weighted by atomic mass is 16.6. The van der Waals surface area contributed by atoms with Gasteiger partial charge in [-0.15, -0.1) is 0 Å². The Morgan fingerprint density at radius 1 is 0.902 bits per heavy atom. The lowest BCUT2D eigenvalue weighted by atomic mass is 9.78. The number of carbonyl (C=O) groups excluding carboxylic acids is 4. The SMILES string of the molecule is CCCN(CC(NC(=O)CC)C(N)=O)C(=O)Oc1ccc(C(C)(C)c2ccc(OC(=O)C(CC)CCN)cc2)cc1. The van der Waals surface area contributed by atoms with Crippen LogP contribution in [0.25, 0.3) is 0 Å². The van der Waals surface area contributed by atoms with Crippen molar-refractivity contribution in [2.75, 3.05) is 19.6 Å². The summed E-state index contributed by atoms with van der Waals surface area (Å²) in [4.78, 5) is 50.3. The molecule has 0 aliphatic carbocycles. The predicted molar refractivity (Wildman–Crippen MR) is 157 cm³/mol.